The molecule has 0 fully saturated rings. The van der Waals surface area contributed by atoms with Gasteiger partial charge in [-0.05, 0) is 122 Å². The number of hydrogen-bond acceptors (Lipinski definition) is 8. The molecule has 0 aromatic rings. The first kappa shape index (κ1) is 85.9. The first-order valence-electron chi connectivity index (χ1n) is 36.6. The van der Waals surface area contributed by atoms with E-state index in [-0.39, 0.29) is 38.6 Å². The van der Waals surface area contributed by atoms with Gasteiger partial charge in [0.05, 0.1) is 40.3 Å². The Morgan fingerprint density at radius 3 is 0.879 bits per heavy atom. The van der Waals surface area contributed by atoms with Crippen LogP contribution >= 0.6 is 0 Å². The topological polar surface area (TPSA) is 111 Å². The number of unbranched alkanes of at least 4 members (excludes halogenated alkanes) is 25. The van der Waals surface area contributed by atoms with Crippen molar-refractivity contribution in [3.8, 4) is 0 Å². The number of rotatable bonds is 66. The molecule has 2 unspecified atom stereocenters. The first-order chi connectivity index (χ1) is 44.6. The average molecular weight is 1260 g/mol. The van der Waals surface area contributed by atoms with Crippen molar-refractivity contribution >= 4 is 17.9 Å². The number of quaternary nitrogens is 1. The van der Waals surface area contributed by atoms with Crippen molar-refractivity contribution in [2.75, 3.05) is 47.5 Å². The van der Waals surface area contributed by atoms with Crippen molar-refractivity contribution in [1.82, 2.24) is 0 Å². The van der Waals surface area contributed by atoms with Gasteiger partial charge < -0.3 is 33.3 Å². The molecule has 9 heteroatoms. The standard InChI is InChI=1S/C82H135NO8/c1-6-8-10-12-14-16-18-20-22-24-26-28-30-32-34-35-36-37-38-39-40-41-42-43-44-45-47-49-51-53-55-57-59-61-63-65-67-69-71-73-80(85)91-78(77-90-82(81(86)87)88-75-74-83(3,4)5)76-89-79(84)72-70-68-66-64-62-60-58-56-54-52-50-48-46-33-31-29-27-25-23-21-19-17-15-13-11-9-7-2/h8-11,14-17,20-23,26-29,32,34,36-37,39-40,42-43,45,47,78,82H,6-7,12-13,18-19,24-25,30-31,33,35,38,41,44,46,48-77H2,1-5H3/b10-8-,11-9-,16-14-,17-15-,22-20-,23-21-,28-26-,29-27-,34-32-,37-36-,40-39-,43-42-,47-45-. The number of carbonyl (C=O) groups is 3. The van der Waals surface area contributed by atoms with Crippen molar-refractivity contribution in [3.05, 3.63) is 158 Å². The minimum absolute atomic E-state index is 0.141. The summed E-state index contributed by atoms with van der Waals surface area (Å²) < 4.78 is 22.8. The molecule has 0 aliphatic rings. The molecule has 0 radical (unpaired) electrons. The van der Waals surface area contributed by atoms with E-state index in [9.17, 15) is 19.5 Å². The van der Waals surface area contributed by atoms with Gasteiger partial charge in [-0.3, -0.25) is 9.59 Å². The second kappa shape index (κ2) is 70.8. The number of nitrogens with zero attached hydrogens (tertiary/aromatic N) is 1. The Morgan fingerprint density at radius 2 is 0.593 bits per heavy atom. The molecule has 9 nitrogen and oxygen atoms in total. The number of carboxylic acid groups (broad SMARTS) is 1. The van der Waals surface area contributed by atoms with Gasteiger partial charge in [-0.15, -0.1) is 0 Å². The van der Waals surface area contributed by atoms with E-state index in [0.717, 1.165) is 128 Å². The SMILES string of the molecule is CC/C=C\C/C=C\C/C=C\C/C=C\C/C=C\C/C=C\C/C=C\C/C=C\C/C=C\CCCCCCCCCCCCCC(=O)OC(COC(=O)CCCCCCCCCCCCCCCC/C=C\C/C=C\C/C=C\C/C=C\CC)COC(OCC[N+](C)(C)C)C(=O)[O-]. The molecule has 0 aromatic carbocycles. The van der Waals surface area contributed by atoms with Crippen molar-refractivity contribution in [2.24, 2.45) is 0 Å². The third-order valence-corrected chi connectivity index (χ3v) is 15.3. The maximum absolute atomic E-state index is 13.0. The largest absolute Gasteiger partial charge is 0.545 e. The maximum atomic E-state index is 13.0. The van der Waals surface area contributed by atoms with E-state index in [0.29, 0.717) is 17.4 Å². The Hall–Kier alpha value is -5.09. The predicted molar refractivity (Wildman–Crippen MR) is 389 cm³/mol. The van der Waals surface area contributed by atoms with Crippen LogP contribution in [0.15, 0.2) is 158 Å². The van der Waals surface area contributed by atoms with Gasteiger partial charge in [0.2, 0.25) is 0 Å². The molecule has 0 bridgehead atoms. The fourth-order valence-corrected chi connectivity index (χ4v) is 9.76. The fraction of sp³-hybridized carbons (Fsp3) is 0.646. The minimum atomic E-state index is -1.63. The fourth-order valence-electron chi connectivity index (χ4n) is 9.76. The summed E-state index contributed by atoms with van der Waals surface area (Å²) in [5.41, 5.74) is 0. The van der Waals surface area contributed by atoms with Crippen molar-refractivity contribution in [1.29, 1.82) is 0 Å². The van der Waals surface area contributed by atoms with Crippen LogP contribution in [0.4, 0.5) is 0 Å². The number of esters is 2. The number of carboxylic acids is 1. The van der Waals surface area contributed by atoms with Crippen molar-refractivity contribution < 1.29 is 42.9 Å². The molecule has 0 aromatic heterocycles. The molecule has 0 spiro atoms. The van der Waals surface area contributed by atoms with Crippen LogP contribution in [0.25, 0.3) is 0 Å². The molecule has 0 rings (SSSR count). The molecule has 516 valence electrons. The zero-order chi connectivity index (χ0) is 66.1. The van der Waals surface area contributed by atoms with Gasteiger partial charge >= 0.3 is 11.9 Å². The van der Waals surface area contributed by atoms with Crippen LogP contribution in [-0.4, -0.2) is 82.3 Å². The van der Waals surface area contributed by atoms with Crippen LogP contribution in [0.1, 0.15) is 284 Å². The second-order valence-electron chi connectivity index (χ2n) is 25.1. The van der Waals surface area contributed by atoms with E-state index < -0.39 is 24.3 Å². The predicted octanol–water partition coefficient (Wildman–Crippen LogP) is 21.9. The highest BCUT2D eigenvalue weighted by atomic mass is 16.7. The lowest BCUT2D eigenvalue weighted by Gasteiger charge is -2.26. The molecule has 0 aliphatic carbocycles. The normalized spacial score (nSPS) is 13.6. The van der Waals surface area contributed by atoms with E-state index in [1.807, 2.05) is 21.1 Å². The van der Waals surface area contributed by atoms with Crippen molar-refractivity contribution in [2.45, 2.75) is 296 Å². The van der Waals surface area contributed by atoms with Crippen LogP contribution < -0.4 is 5.11 Å². The Balaban J connectivity index is 4.13. The molecule has 0 aliphatic heterocycles. The number of carbonyl (C=O) groups excluding carboxylic acids is 3. The molecule has 91 heavy (non-hydrogen) atoms. The third-order valence-electron chi connectivity index (χ3n) is 15.3. The monoisotopic (exact) mass is 1260 g/mol. The van der Waals surface area contributed by atoms with Gasteiger partial charge in [-0.1, -0.05) is 307 Å². The Kier molecular flexibility index (Phi) is 66.8. The summed E-state index contributed by atoms with van der Waals surface area (Å²) in [6.45, 7) is 4.52. The molecule has 0 saturated carbocycles. The maximum Gasteiger partial charge on any atom is 0.306 e. The number of hydrogen-bond donors (Lipinski definition) is 0. The molecule has 0 N–H and O–H groups in total. The second-order valence-corrected chi connectivity index (χ2v) is 25.1. The molecule has 0 heterocycles. The third kappa shape index (κ3) is 72.2. The number of aliphatic carboxylic acids is 1. The zero-order valence-corrected chi connectivity index (χ0v) is 58.9. The van der Waals surface area contributed by atoms with Gasteiger partial charge in [-0.25, -0.2) is 0 Å². The van der Waals surface area contributed by atoms with E-state index in [1.165, 1.54) is 122 Å². The van der Waals surface area contributed by atoms with E-state index in [2.05, 4.69) is 172 Å². The van der Waals surface area contributed by atoms with Crippen LogP contribution in [0.5, 0.6) is 0 Å². The molecule has 0 saturated heterocycles. The molecule has 0 amide bonds. The van der Waals surface area contributed by atoms with Gasteiger partial charge in [-0.2, -0.15) is 0 Å². The van der Waals surface area contributed by atoms with E-state index in [1.54, 1.807) is 0 Å². The summed E-state index contributed by atoms with van der Waals surface area (Å²) in [7, 11) is 5.93. The van der Waals surface area contributed by atoms with Gasteiger partial charge in [0.15, 0.2) is 12.4 Å². The van der Waals surface area contributed by atoms with Crippen LogP contribution in [-0.2, 0) is 33.3 Å². The lowest BCUT2D eigenvalue weighted by molar-refractivity contribution is -0.870. The summed E-state index contributed by atoms with van der Waals surface area (Å²) in [4.78, 5) is 37.5. The lowest BCUT2D eigenvalue weighted by Crippen LogP contribution is -2.44. The summed E-state index contributed by atoms with van der Waals surface area (Å²) in [5.74, 6) is -2.29. The number of allylic oxidation sites excluding steroid dienone is 26. The molecular weight excluding hydrogens is 1130 g/mol. The van der Waals surface area contributed by atoms with Crippen LogP contribution in [0.3, 0.4) is 0 Å². The Morgan fingerprint density at radius 1 is 0.330 bits per heavy atom. The highest BCUT2D eigenvalue weighted by Crippen LogP contribution is 2.17. The van der Waals surface area contributed by atoms with Gasteiger partial charge in [0.1, 0.15) is 13.2 Å². The van der Waals surface area contributed by atoms with Crippen LogP contribution in [0.2, 0.25) is 0 Å². The number of ether oxygens (including phenoxy) is 4. The summed E-state index contributed by atoms with van der Waals surface area (Å²) >= 11 is 0. The number of likely N-dealkylation sites (N-methyl/N-ethyl adjacent to an activating group) is 1. The van der Waals surface area contributed by atoms with Crippen molar-refractivity contribution in [3.63, 3.8) is 0 Å². The minimum Gasteiger partial charge on any atom is -0.545 e. The summed E-state index contributed by atoms with van der Waals surface area (Å²) in [5, 5.41) is 11.8. The molecular formula is C82H135NO8. The average Bonchev–Trinajstić information content (AvgIpc) is 3.46. The van der Waals surface area contributed by atoms with E-state index in [4.69, 9.17) is 18.9 Å². The van der Waals surface area contributed by atoms with Gasteiger partial charge in [0, 0.05) is 12.8 Å². The highest BCUT2D eigenvalue weighted by Gasteiger charge is 2.22. The first-order valence-corrected chi connectivity index (χ1v) is 36.6. The van der Waals surface area contributed by atoms with Gasteiger partial charge in [0.25, 0.3) is 0 Å². The summed E-state index contributed by atoms with van der Waals surface area (Å²) in [6, 6.07) is 0. The summed E-state index contributed by atoms with van der Waals surface area (Å²) in [6.07, 6.45) is 102. The zero-order valence-electron chi connectivity index (χ0n) is 58.9. The highest BCUT2D eigenvalue weighted by molar-refractivity contribution is 5.70. The van der Waals surface area contributed by atoms with Crippen LogP contribution in [0, 0.1) is 0 Å². The lowest BCUT2D eigenvalue weighted by atomic mass is 10.0. The van der Waals surface area contributed by atoms with E-state index >= 15 is 0 Å². The smallest absolute Gasteiger partial charge is 0.306 e. The Labute approximate surface area is 559 Å². The molecule has 2 atom stereocenters. The quantitative estimate of drug-likeness (QED) is 0.0195. The Bertz CT molecular complexity index is 2060.